The number of halogens is 1. The van der Waals surface area contributed by atoms with Crippen LogP contribution in [0.4, 0.5) is 20.8 Å². The Labute approximate surface area is 121 Å². The first-order valence-electron chi connectivity index (χ1n) is 6.83. The van der Waals surface area contributed by atoms with Gasteiger partial charge in [0.2, 0.25) is 5.88 Å². The van der Waals surface area contributed by atoms with Crippen LogP contribution in [-0.2, 0) is 0 Å². The summed E-state index contributed by atoms with van der Waals surface area (Å²) in [6.07, 6.45) is 1.51. The molecule has 0 saturated carbocycles. The molecule has 2 amide bonds. The first kappa shape index (κ1) is 13.5. The van der Waals surface area contributed by atoms with Crippen molar-refractivity contribution in [1.82, 2.24) is 4.90 Å². The maximum atomic E-state index is 13.7. The van der Waals surface area contributed by atoms with Crippen molar-refractivity contribution in [2.75, 3.05) is 36.4 Å². The molecule has 6 heteroatoms. The number of furan rings is 1. The lowest BCUT2D eigenvalue weighted by Gasteiger charge is -2.35. The third kappa shape index (κ3) is 2.99. The molecule has 1 aliphatic heterocycles. The Balaban J connectivity index is 1.58. The molecule has 110 valence electrons. The highest BCUT2D eigenvalue weighted by Crippen LogP contribution is 2.20. The molecule has 1 N–H and O–H groups in total. The van der Waals surface area contributed by atoms with Crippen LogP contribution in [0.3, 0.4) is 0 Å². The van der Waals surface area contributed by atoms with Gasteiger partial charge in [-0.25, -0.2) is 9.18 Å². The maximum absolute atomic E-state index is 13.7. The van der Waals surface area contributed by atoms with Gasteiger partial charge in [0.15, 0.2) is 0 Å². The average Bonchev–Trinajstić information content (AvgIpc) is 3.01. The number of urea groups is 1. The van der Waals surface area contributed by atoms with Crippen molar-refractivity contribution in [3.8, 4) is 0 Å². The molecule has 3 rings (SSSR count). The molecule has 21 heavy (non-hydrogen) atoms. The van der Waals surface area contributed by atoms with Crippen LogP contribution in [0.15, 0.2) is 47.1 Å². The van der Waals surface area contributed by atoms with Gasteiger partial charge in [-0.2, -0.15) is 0 Å². The van der Waals surface area contributed by atoms with Gasteiger partial charge in [-0.3, -0.25) is 5.32 Å². The van der Waals surface area contributed by atoms with Crippen molar-refractivity contribution in [3.05, 3.63) is 48.5 Å². The molecule has 1 aromatic heterocycles. The van der Waals surface area contributed by atoms with Crippen LogP contribution in [0.1, 0.15) is 0 Å². The second-order valence-corrected chi connectivity index (χ2v) is 4.83. The van der Waals surface area contributed by atoms with Crippen molar-refractivity contribution in [3.63, 3.8) is 0 Å². The molecule has 1 aliphatic rings. The molecule has 0 bridgehead atoms. The highest BCUT2D eigenvalue weighted by atomic mass is 19.1. The van der Waals surface area contributed by atoms with E-state index < -0.39 is 0 Å². The summed E-state index contributed by atoms with van der Waals surface area (Å²) in [5.41, 5.74) is 0.587. The summed E-state index contributed by atoms with van der Waals surface area (Å²) in [4.78, 5) is 15.7. The normalized spacial score (nSPS) is 15.1. The van der Waals surface area contributed by atoms with Gasteiger partial charge >= 0.3 is 6.03 Å². The zero-order valence-electron chi connectivity index (χ0n) is 11.5. The highest BCUT2D eigenvalue weighted by molar-refractivity contribution is 5.88. The van der Waals surface area contributed by atoms with Crippen molar-refractivity contribution in [1.29, 1.82) is 0 Å². The predicted octanol–water partition coefficient (Wildman–Crippen LogP) is 2.77. The molecule has 0 spiro atoms. The summed E-state index contributed by atoms with van der Waals surface area (Å²) in [5, 5.41) is 2.69. The largest absolute Gasteiger partial charge is 0.449 e. The highest BCUT2D eigenvalue weighted by Gasteiger charge is 2.22. The lowest BCUT2D eigenvalue weighted by Crippen LogP contribution is -2.50. The second kappa shape index (κ2) is 5.87. The summed E-state index contributed by atoms with van der Waals surface area (Å²) >= 11 is 0. The molecular formula is C15H16FN3O2. The van der Waals surface area contributed by atoms with Gasteiger partial charge in [-0.1, -0.05) is 12.1 Å². The molecule has 5 nitrogen and oxygen atoms in total. The SMILES string of the molecule is O=C(Nc1ccco1)N1CCN(c2ccccc2F)CC1. The third-order valence-electron chi connectivity index (χ3n) is 3.51. The summed E-state index contributed by atoms with van der Waals surface area (Å²) in [6.45, 7) is 2.29. The minimum atomic E-state index is -0.231. The van der Waals surface area contributed by atoms with Gasteiger partial charge in [0.05, 0.1) is 12.0 Å². The molecule has 0 aliphatic carbocycles. The smallest absolute Gasteiger partial charge is 0.324 e. The first-order chi connectivity index (χ1) is 10.2. The average molecular weight is 289 g/mol. The molecule has 1 fully saturated rings. The predicted molar refractivity (Wildman–Crippen MR) is 77.9 cm³/mol. The number of carbonyl (C=O) groups is 1. The Morgan fingerprint density at radius 3 is 2.52 bits per heavy atom. The lowest BCUT2D eigenvalue weighted by atomic mass is 10.2. The summed E-state index contributed by atoms with van der Waals surface area (Å²) in [5.74, 6) is 0.197. The van der Waals surface area contributed by atoms with E-state index in [2.05, 4.69) is 5.32 Å². The fraction of sp³-hybridized carbons (Fsp3) is 0.267. The molecule has 2 aromatic rings. The van der Waals surface area contributed by atoms with Crippen LogP contribution in [0.5, 0.6) is 0 Å². The summed E-state index contributed by atoms with van der Waals surface area (Å²) in [6, 6.07) is 9.90. The van der Waals surface area contributed by atoms with E-state index in [0.717, 1.165) is 0 Å². The first-order valence-corrected chi connectivity index (χ1v) is 6.83. The van der Waals surface area contributed by atoms with E-state index in [9.17, 15) is 9.18 Å². The monoisotopic (exact) mass is 289 g/mol. The number of piperazine rings is 1. The van der Waals surface area contributed by atoms with Gasteiger partial charge in [0, 0.05) is 32.2 Å². The van der Waals surface area contributed by atoms with E-state index in [1.807, 2.05) is 11.0 Å². The quantitative estimate of drug-likeness (QED) is 0.925. The second-order valence-electron chi connectivity index (χ2n) is 4.83. The van der Waals surface area contributed by atoms with Gasteiger partial charge in [-0.15, -0.1) is 0 Å². The molecule has 1 aromatic carbocycles. The Morgan fingerprint density at radius 1 is 1.10 bits per heavy atom. The van der Waals surface area contributed by atoms with Crippen molar-refractivity contribution in [2.24, 2.45) is 0 Å². The number of para-hydroxylation sites is 1. The topological polar surface area (TPSA) is 48.7 Å². The fourth-order valence-electron chi connectivity index (χ4n) is 2.39. The van der Waals surface area contributed by atoms with Crippen LogP contribution in [0.2, 0.25) is 0 Å². The number of hydrogen-bond donors (Lipinski definition) is 1. The lowest BCUT2D eigenvalue weighted by molar-refractivity contribution is 0.207. The van der Waals surface area contributed by atoms with Crippen LogP contribution in [-0.4, -0.2) is 37.1 Å². The van der Waals surface area contributed by atoms with E-state index in [0.29, 0.717) is 37.8 Å². The number of nitrogens with zero attached hydrogens (tertiary/aromatic N) is 2. The zero-order valence-corrected chi connectivity index (χ0v) is 11.5. The Hall–Kier alpha value is -2.50. The Morgan fingerprint density at radius 2 is 1.86 bits per heavy atom. The van der Waals surface area contributed by atoms with E-state index in [1.165, 1.54) is 12.3 Å². The Bertz CT molecular complexity index is 607. The number of amides is 2. The number of anilines is 2. The van der Waals surface area contributed by atoms with Crippen molar-refractivity contribution in [2.45, 2.75) is 0 Å². The molecule has 0 unspecified atom stereocenters. The van der Waals surface area contributed by atoms with Crippen LogP contribution in [0, 0.1) is 5.82 Å². The minimum absolute atomic E-state index is 0.196. The van der Waals surface area contributed by atoms with Crippen LogP contribution >= 0.6 is 0 Å². The Kier molecular flexibility index (Phi) is 3.77. The molecule has 2 heterocycles. The van der Waals surface area contributed by atoms with E-state index in [-0.39, 0.29) is 11.8 Å². The third-order valence-corrected chi connectivity index (χ3v) is 3.51. The van der Waals surface area contributed by atoms with Crippen molar-refractivity contribution >= 4 is 17.6 Å². The number of nitrogens with one attached hydrogen (secondary N) is 1. The molecule has 0 atom stereocenters. The van der Waals surface area contributed by atoms with E-state index in [4.69, 9.17) is 4.42 Å². The minimum Gasteiger partial charge on any atom is -0.449 e. The number of hydrogen-bond acceptors (Lipinski definition) is 3. The summed E-state index contributed by atoms with van der Waals surface area (Å²) in [7, 11) is 0. The number of carbonyl (C=O) groups excluding carboxylic acids is 1. The van der Waals surface area contributed by atoms with E-state index in [1.54, 1.807) is 29.2 Å². The standard InChI is InChI=1S/C15H16FN3O2/c16-12-4-1-2-5-13(12)18-7-9-19(10-8-18)15(20)17-14-6-3-11-21-14/h1-6,11H,7-10H2,(H,17,20). The van der Waals surface area contributed by atoms with Gasteiger partial charge in [0.1, 0.15) is 5.82 Å². The number of rotatable bonds is 2. The van der Waals surface area contributed by atoms with Gasteiger partial charge < -0.3 is 14.2 Å². The van der Waals surface area contributed by atoms with E-state index >= 15 is 0 Å². The van der Waals surface area contributed by atoms with Gasteiger partial charge in [-0.05, 0) is 18.2 Å². The van der Waals surface area contributed by atoms with Crippen LogP contribution in [0.25, 0.3) is 0 Å². The number of benzene rings is 1. The molecule has 1 saturated heterocycles. The zero-order chi connectivity index (χ0) is 14.7. The van der Waals surface area contributed by atoms with Crippen molar-refractivity contribution < 1.29 is 13.6 Å². The summed E-state index contributed by atoms with van der Waals surface area (Å²) < 4.78 is 18.8. The van der Waals surface area contributed by atoms with Crippen LogP contribution < -0.4 is 10.2 Å². The fourth-order valence-corrected chi connectivity index (χ4v) is 2.39. The maximum Gasteiger partial charge on any atom is 0.324 e. The molecular weight excluding hydrogens is 273 g/mol. The molecule has 0 radical (unpaired) electrons. The van der Waals surface area contributed by atoms with Gasteiger partial charge in [0.25, 0.3) is 0 Å².